The highest BCUT2D eigenvalue weighted by Crippen LogP contribution is 2.34. The Hall–Kier alpha value is -3.64. The van der Waals surface area contributed by atoms with Crippen molar-refractivity contribution in [2.24, 2.45) is 5.10 Å². The molecule has 158 valence electrons. The van der Waals surface area contributed by atoms with E-state index in [1.54, 1.807) is 25.4 Å². The molecule has 0 N–H and O–H groups in total. The van der Waals surface area contributed by atoms with Crippen molar-refractivity contribution in [2.45, 2.75) is 12.7 Å². The maximum Gasteiger partial charge on any atom is 0.258 e. The molecule has 1 aliphatic rings. The van der Waals surface area contributed by atoms with Gasteiger partial charge in [-0.05, 0) is 41.0 Å². The first-order valence-electron chi connectivity index (χ1n) is 10.1. The molecule has 0 spiro atoms. The molecule has 3 aromatic rings. The number of ether oxygens (including phenoxy) is 2. The first-order chi connectivity index (χ1) is 15.2. The summed E-state index contributed by atoms with van der Waals surface area (Å²) in [5.41, 5.74) is 2.95. The van der Waals surface area contributed by atoms with Gasteiger partial charge in [0.05, 0.1) is 27.0 Å². The predicted octanol–water partition coefficient (Wildman–Crippen LogP) is 4.08. The van der Waals surface area contributed by atoms with Gasteiger partial charge in [0.25, 0.3) is 5.91 Å². The highest BCUT2D eigenvalue weighted by molar-refractivity contribution is 5.85. The lowest BCUT2D eigenvalue weighted by molar-refractivity contribution is -0.128. The smallest absolute Gasteiger partial charge is 0.258 e. The van der Waals surface area contributed by atoms with Crippen molar-refractivity contribution in [3.63, 3.8) is 0 Å². The number of benzene rings is 3. The lowest BCUT2D eigenvalue weighted by Crippen LogP contribution is -2.28. The first-order valence-corrected chi connectivity index (χ1v) is 10.1. The predicted molar refractivity (Wildman–Crippen MR) is 120 cm³/mol. The fourth-order valence-electron chi connectivity index (χ4n) is 3.72. The van der Waals surface area contributed by atoms with E-state index in [9.17, 15) is 4.79 Å². The lowest BCUT2D eigenvalue weighted by Gasteiger charge is -2.27. The molecule has 1 heterocycles. The summed E-state index contributed by atoms with van der Waals surface area (Å²) in [5, 5.41) is 6.13. The number of methoxy groups -OCH3 is 2. The summed E-state index contributed by atoms with van der Waals surface area (Å²) in [6.07, 6.45) is 1.37. The van der Waals surface area contributed by atoms with Gasteiger partial charge >= 0.3 is 0 Å². The van der Waals surface area contributed by atoms with Crippen LogP contribution in [0.3, 0.4) is 0 Å². The summed E-state index contributed by atoms with van der Waals surface area (Å²) in [6.45, 7) is 0.922. The first kappa shape index (κ1) is 20.6. The molecular weight excluding hydrogens is 390 g/mol. The molecule has 1 aliphatic heterocycles. The van der Waals surface area contributed by atoms with Crippen LogP contribution < -0.4 is 9.47 Å². The van der Waals surface area contributed by atoms with Gasteiger partial charge in [0.2, 0.25) is 0 Å². The average molecular weight is 415 g/mol. The van der Waals surface area contributed by atoms with Crippen molar-refractivity contribution in [3.05, 3.63) is 95.6 Å². The molecule has 1 saturated heterocycles. The van der Waals surface area contributed by atoms with E-state index in [0.717, 1.165) is 28.2 Å². The molecule has 4 rings (SSSR count). The van der Waals surface area contributed by atoms with Crippen LogP contribution in [0.5, 0.6) is 11.5 Å². The minimum absolute atomic E-state index is 0.0529. The zero-order chi connectivity index (χ0) is 21.6. The van der Waals surface area contributed by atoms with Gasteiger partial charge in [0.1, 0.15) is 17.7 Å². The molecule has 1 fully saturated rings. The largest absolute Gasteiger partial charge is 0.497 e. The molecule has 1 amide bonds. The van der Waals surface area contributed by atoms with Gasteiger partial charge in [-0.15, -0.1) is 0 Å². The summed E-state index contributed by atoms with van der Waals surface area (Å²) >= 11 is 0. The fourth-order valence-corrected chi connectivity index (χ4v) is 3.72. The van der Waals surface area contributed by atoms with Crippen LogP contribution in [0.2, 0.25) is 0 Å². The maximum atomic E-state index is 13.0. The van der Waals surface area contributed by atoms with Gasteiger partial charge in [-0.1, -0.05) is 54.6 Å². The van der Waals surface area contributed by atoms with Crippen LogP contribution in [0.15, 0.2) is 84.0 Å². The van der Waals surface area contributed by atoms with Crippen molar-refractivity contribution in [3.8, 4) is 11.5 Å². The summed E-state index contributed by atoms with van der Waals surface area (Å²) in [7, 11) is 3.26. The van der Waals surface area contributed by atoms with Gasteiger partial charge in [0.15, 0.2) is 0 Å². The second-order valence-corrected chi connectivity index (χ2v) is 7.30. The third-order valence-corrected chi connectivity index (χ3v) is 5.22. The fraction of sp³-hybridized carbons (Fsp3) is 0.200. The number of carbonyl (C=O) groups is 1. The van der Waals surface area contributed by atoms with Gasteiger partial charge in [0, 0.05) is 6.54 Å². The Labute approximate surface area is 182 Å². The van der Waals surface area contributed by atoms with E-state index < -0.39 is 0 Å². The second-order valence-electron chi connectivity index (χ2n) is 7.30. The summed E-state index contributed by atoms with van der Waals surface area (Å²) < 4.78 is 10.7. The molecule has 3 aromatic carbocycles. The molecule has 6 heteroatoms. The van der Waals surface area contributed by atoms with E-state index in [-0.39, 0.29) is 18.6 Å². The SMILES string of the molecule is COc1cccc(/C=N\N2C(=O)CN(Cc3ccccc3)[C@H]2c2cccc(OC)c2)c1. The third kappa shape index (κ3) is 4.75. The van der Waals surface area contributed by atoms with Crippen LogP contribution >= 0.6 is 0 Å². The quantitative estimate of drug-likeness (QED) is 0.546. The number of carbonyl (C=O) groups excluding carboxylic acids is 1. The van der Waals surface area contributed by atoms with Crippen molar-refractivity contribution < 1.29 is 14.3 Å². The monoisotopic (exact) mass is 415 g/mol. The molecule has 6 nitrogen and oxygen atoms in total. The number of hydrogen-bond acceptors (Lipinski definition) is 5. The molecule has 0 radical (unpaired) electrons. The van der Waals surface area contributed by atoms with Crippen LogP contribution in [-0.4, -0.2) is 42.8 Å². The van der Waals surface area contributed by atoms with Crippen LogP contribution in [0.4, 0.5) is 0 Å². The highest BCUT2D eigenvalue weighted by Gasteiger charge is 2.39. The Morgan fingerprint density at radius 3 is 2.39 bits per heavy atom. The van der Waals surface area contributed by atoms with Crippen LogP contribution in [0, 0.1) is 0 Å². The van der Waals surface area contributed by atoms with Crippen molar-refractivity contribution in [1.29, 1.82) is 0 Å². The Morgan fingerprint density at radius 2 is 1.65 bits per heavy atom. The number of hydrogen-bond donors (Lipinski definition) is 0. The molecular formula is C25H25N3O3. The molecule has 0 aromatic heterocycles. The zero-order valence-corrected chi connectivity index (χ0v) is 17.6. The number of hydrazone groups is 1. The van der Waals surface area contributed by atoms with E-state index in [0.29, 0.717) is 6.54 Å². The van der Waals surface area contributed by atoms with Crippen LogP contribution in [0.1, 0.15) is 22.9 Å². The average Bonchev–Trinajstić information content (AvgIpc) is 3.13. The summed E-state index contributed by atoms with van der Waals surface area (Å²) in [5.74, 6) is 1.43. The van der Waals surface area contributed by atoms with Crippen molar-refractivity contribution >= 4 is 12.1 Å². The summed E-state index contributed by atoms with van der Waals surface area (Å²) in [4.78, 5) is 15.1. The minimum atomic E-state index is -0.329. The molecule has 31 heavy (non-hydrogen) atoms. The standard InChI is InChI=1S/C25H25N3O3/c1-30-22-12-6-10-20(14-22)16-26-28-24(29)18-27(17-19-8-4-3-5-9-19)25(28)21-11-7-13-23(15-21)31-2/h3-16,25H,17-18H2,1-2H3/b26-16-/t25-/m1/s1. The number of nitrogens with zero attached hydrogens (tertiary/aromatic N) is 3. The number of rotatable bonds is 7. The normalized spacial score (nSPS) is 16.8. The van der Waals surface area contributed by atoms with E-state index in [2.05, 4.69) is 22.1 Å². The zero-order valence-electron chi connectivity index (χ0n) is 17.6. The maximum absolute atomic E-state index is 13.0. The van der Waals surface area contributed by atoms with Gasteiger partial charge in [-0.25, -0.2) is 5.01 Å². The van der Waals surface area contributed by atoms with Crippen molar-refractivity contribution in [1.82, 2.24) is 9.91 Å². The Morgan fingerprint density at radius 1 is 0.935 bits per heavy atom. The second kappa shape index (κ2) is 9.45. The molecule has 1 atom stereocenters. The minimum Gasteiger partial charge on any atom is -0.497 e. The highest BCUT2D eigenvalue weighted by atomic mass is 16.5. The molecule has 0 saturated carbocycles. The molecule has 0 unspecified atom stereocenters. The summed E-state index contributed by atoms with van der Waals surface area (Å²) in [6, 6.07) is 25.5. The topological polar surface area (TPSA) is 54.4 Å². The lowest BCUT2D eigenvalue weighted by atomic mass is 10.1. The van der Waals surface area contributed by atoms with E-state index in [1.165, 1.54) is 0 Å². The molecule has 0 aliphatic carbocycles. The van der Waals surface area contributed by atoms with Gasteiger partial charge < -0.3 is 9.47 Å². The Bertz CT molecular complexity index is 1070. The third-order valence-electron chi connectivity index (χ3n) is 5.22. The van der Waals surface area contributed by atoms with Crippen LogP contribution in [-0.2, 0) is 11.3 Å². The van der Waals surface area contributed by atoms with Crippen LogP contribution in [0.25, 0.3) is 0 Å². The van der Waals surface area contributed by atoms with E-state index in [4.69, 9.17) is 9.47 Å². The molecule has 0 bridgehead atoms. The van der Waals surface area contributed by atoms with Gasteiger partial charge in [-0.3, -0.25) is 9.69 Å². The van der Waals surface area contributed by atoms with E-state index >= 15 is 0 Å². The number of amides is 1. The Balaban J connectivity index is 1.67. The Kier molecular flexibility index (Phi) is 6.29. The van der Waals surface area contributed by atoms with Gasteiger partial charge in [-0.2, -0.15) is 5.10 Å². The van der Waals surface area contributed by atoms with E-state index in [1.807, 2.05) is 66.7 Å². The van der Waals surface area contributed by atoms with Crippen molar-refractivity contribution in [2.75, 3.05) is 20.8 Å².